The van der Waals surface area contributed by atoms with Crippen molar-refractivity contribution in [2.75, 3.05) is 6.61 Å². The van der Waals surface area contributed by atoms with Crippen LogP contribution in [0.5, 0.6) is 0 Å². The normalized spacial score (nSPS) is 16.1. The van der Waals surface area contributed by atoms with Gasteiger partial charge in [0.1, 0.15) is 0 Å². The third-order valence-corrected chi connectivity index (χ3v) is 5.82. The Kier molecular flexibility index (Phi) is 5.53. The molecule has 148 valence electrons. The number of carbonyl (C=O) groups is 2. The van der Waals surface area contributed by atoms with Crippen LogP contribution in [-0.2, 0) is 29.8 Å². The minimum Gasteiger partial charge on any atom is -0.455 e. The molecule has 7 nitrogen and oxygen atoms in total. The van der Waals surface area contributed by atoms with E-state index >= 15 is 0 Å². The van der Waals surface area contributed by atoms with Crippen LogP contribution in [0.3, 0.4) is 0 Å². The minimum atomic E-state index is -3.76. The number of nitrogens with one attached hydrogen (secondary N) is 1. The molecule has 0 radical (unpaired) electrons. The van der Waals surface area contributed by atoms with Crippen LogP contribution in [0.25, 0.3) is 0 Å². The van der Waals surface area contributed by atoms with Crippen molar-refractivity contribution in [1.82, 2.24) is 5.32 Å². The summed E-state index contributed by atoms with van der Waals surface area (Å²) >= 11 is 0. The molecule has 0 unspecified atom stereocenters. The van der Waals surface area contributed by atoms with E-state index in [9.17, 15) is 18.0 Å². The van der Waals surface area contributed by atoms with E-state index in [2.05, 4.69) is 5.32 Å². The maximum Gasteiger partial charge on any atom is 0.317 e. The van der Waals surface area contributed by atoms with Gasteiger partial charge in [0.2, 0.25) is 10.0 Å². The zero-order valence-corrected chi connectivity index (χ0v) is 16.2. The Bertz CT molecular complexity index is 967. The van der Waals surface area contributed by atoms with Crippen LogP contribution in [0.1, 0.15) is 36.9 Å². The van der Waals surface area contributed by atoms with Crippen LogP contribution in [-0.4, -0.2) is 26.9 Å². The van der Waals surface area contributed by atoms with E-state index in [1.165, 1.54) is 12.1 Å². The zero-order chi connectivity index (χ0) is 20.4. The third kappa shape index (κ3) is 4.40. The van der Waals surface area contributed by atoms with Crippen molar-refractivity contribution in [3.8, 4) is 0 Å². The maximum absolute atomic E-state index is 12.4. The van der Waals surface area contributed by atoms with Gasteiger partial charge in [-0.05, 0) is 43.0 Å². The minimum absolute atomic E-state index is 0.000602. The second kappa shape index (κ2) is 7.73. The zero-order valence-electron chi connectivity index (χ0n) is 15.4. The molecule has 0 spiro atoms. The highest BCUT2D eigenvalue weighted by molar-refractivity contribution is 7.89. The molecule has 2 aromatic rings. The summed E-state index contributed by atoms with van der Waals surface area (Å²) < 4.78 is 27.8. The lowest BCUT2D eigenvalue weighted by Gasteiger charge is -2.17. The quantitative estimate of drug-likeness (QED) is 0.685. The van der Waals surface area contributed by atoms with Gasteiger partial charge in [-0.1, -0.05) is 42.5 Å². The number of hydrogen-bond donors (Lipinski definition) is 2. The molecule has 0 bridgehead atoms. The van der Waals surface area contributed by atoms with Gasteiger partial charge in [0.15, 0.2) is 6.61 Å². The molecule has 1 fully saturated rings. The number of benzene rings is 2. The van der Waals surface area contributed by atoms with Crippen LogP contribution in [0.4, 0.5) is 0 Å². The molecule has 28 heavy (non-hydrogen) atoms. The fourth-order valence-electron chi connectivity index (χ4n) is 3.07. The first-order chi connectivity index (χ1) is 13.2. The summed E-state index contributed by atoms with van der Waals surface area (Å²) in [7, 11) is -3.76. The SMILES string of the molecule is C[C@H](NC(=O)COC(=O)C1(c2ccccc2)CC1)c1ccc(S(N)(=O)=O)cc1. The van der Waals surface area contributed by atoms with E-state index in [0.29, 0.717) is 18.4 Å². The summed E-state index contributed by atoms with van der Waals surface area (Å²) in [5.41, 5.74) is 0.982. The summed E-state index contributed by atoms with van der Waals surface area (Å²) in [4.78, 5) is 24.6. The molecule has 1 amide bonds. The van der Waals surface area contributed by atoms with Crippen molar-refractivity contribution in [3.05, 3.63) is 65.7 Å². The van der Waals surface area contributed by atoms with Crippen molar-refractivity contribution in [3.63, 3.8) is 0 Å². The molecular formula is C20H22N2O5S. The van der Waals surface area contributed by atoms with E-state index in [1.807, 2.05) is 30.3 Å². The van der Waals surface area contributed by atoms with Gasteiger partial charge < -0.3 is 10.1 Å². The van der Waals surface area contributed by atoms with Crippen molar-refractivity contribution in [2.24, 2.45) is 5.14 Å². The van der Waals surface area contributed by atoms with Crippen molar-refractivity contribution < 1.29 is 22.7 Å². The predicted octanol–water partition coefficient (Wildman–Crippen LogP) is 1.79. The number of esters is 1. The van der Waals surface area contributed by atoms with Crippen LogP contribution < -0.4 is 10.5 Å². The number of sulfonamides is 1. The number of rotatable bonds is 7. The van der Waals surface area contributed by atoms with Gasteiger partial charge in [-0.3, -0.25) is 9.59 Å². The second-order valence-electron chi connectivity index (χ2n) is 6.93. The third-order valence-electron chi connectivity index (χ3n) is 4.89. The molecule has 1 atom stereocenters. The maximum atomic E-state index is 12.4. The van der Waals surface area contributed by atoms with Gasteiger partial charge in [-0.2, -0.15) is 0 Å². The first-order valence-corrected chi connectivity index (χ1v) is 10.4. The lowest BCUT2D eigenvalue weighted by Crippen LogP contribution is -2.33. The first-order valence-electron chi connectivity index (χ1n) is 8.87. The molecule has 3 rings (SSSR count). The van der Waals surface area contributed by atoms with E-state index in [0.717, 1.165) is 5.56 Å². The molecule has 0 saturated heterocycles. The van der Waals surface area contributed by atoms with Crippen LogP contribution >= 0.6 is 0 Å². The highest BCUT2D eigenvalue weighted by Gasteiger charge is 2.52. The Morgan fingerprint density at radius 1 is 1.11 bits per heavy atom. The largest absolute Gasteiger partial charge is 0.455 e. The number of amides is 1. The molecule has 8 heteroatoms. The van der Waals surface area contributed by atoms with Gasteiger partial charge in [-0.15, -0.1) is 0 Å². The van der Waals surface area contributed by atoms with Gasteiger partial charge >= 0.3 is 5.97 Å². The summed E-state index contributed by atoms with van der Waals surface area (Å²) in [5, 5.41) is 7.79. The van der Waals surface area contributed by atoms with E-state index in [1.54, 1.807) is 19.1 Å². The van der Waals surface area contributed by atoms with Gasteiger partial charge in [0.05, 0.1) is 16.4 Å². The number of nitrogens with two attached hydrogens (primary N) is 1. The van der Waals surface area contributed by atoms with Gasteiger partial charge in [0.25, 0.3) is 5.91 Å². The summed E-state index contributed by atoms with van der Waals surface area (Å²) in [6.07, 6.45) is 1.43. The summed E-state index contributed by atoms with van der Waals surface area (Å²) in [5.74, 6) is -0.820. The van der Waals surface area contributed by atoms with E-state index in [4.69, 9.17) is 9.88 Å². The lowest BCUT2D eigenvalue weighted by molar-refractivity contribution is -0.151. The summed E-state index contributed by atoms with van der Waals surface area (Å²) in [6, 6.07) is 14.9. The van der Waals surface area contributed by atoms with E-state index < -0.39 is 21.3 Å². The van der Waals surface area contributed by atoms with Gasteiger partial charge in [0, 0.05) is 0 Å². The summed E-state index contributed by atoms with van der Waals surface area (Å²) in [6.45, 7) is 1.38. The average molecular weight is 402 g/mol. The molecule has 1 aliphatic rings. The van der Waals surface area contributed by atoms with Crippen LogP contribution in [0.2, 0.25) is 0 Å². The predicted molar refractivity (Wildman–Crippen MR) is 103 cm³/mol. The topological polar surface area (TPSA) is 116 Å². The lowest BCUT2D eigenvalue weighted by atomic mass is 9.96. The van der Waals surface area contributed by atoms with Gasteiger partial charge in [-0.25, -0.2) is 13.6 Å². The van der Waals surface area contributed by atoms with Crippen molar-refractivity contribution in [1.29, 1.82) is 0 Å². The highest BCUT2D eigenvalue weighted by atomic mass is 32.2. The second-order valence-corrected chi connectivity index (χ2v) is 8.49. The number of hydrogen-bond acceptors (Lipinski definition) is 5. The van der Waals surface area contributed by atoms with Crippen molar-refractivity contribution >= 4 is 21.9 Å². The Hall–Kier alpha value is -2.71. The fourth-order valence-corrected chi connectivity index (χ4v) is 3.59. The standard InChI is InChI=1S/C20H22N2O5S/c1-14(15-7-9-17(10-8-15)28(21,25)26)22-18(23)13-27-19(24)20(11-12-20)16-5-3-2-4-6-16/h2-10,14H,11-13H2,1H3,(H,22,23)(H2,21,25,26)/t14-/m0/s1. The molecule has 3 N–H and O–H groups in total. The number of carbonyl (C=O) groups excluding carboxylic acids is 2. The Labute approximate surface area is 163 Å². The molecule has 0 aromatic heterocycles. The van der Waals surface area contributed by atoms with Crippen LogP contribution in [0, 0.1) is 0 Å². The molecule has 2 aromatic carbocycles. The first kappa shape index (κ1) is 20.0. The number of primary sulfonamides is 1. The monoisotopic (exact) mass is 402 g/mol. The molecule has 1 aliphatic carbocycles. The number of ether oxygens (including phenoxy) is 1. The van der Waals surface area contributed by atoms with Crippen molar-refractivity contribution in [2.45, 2.75) is 36.1 Å². The molecule has 1 saturated carbocycles. The molecular weight excluding hydrogens is 380 g/mol. The smallest absolute Gasteiger partial charge is 0.317 e. The highest BCUT2D eigenvalue weighted by Crippen LogP contribution is 2.49. The van der Waals surface area contributed by atoms with Crippen LogP contribution in [0.15, 0.2) is 59.5 Å². The molecule has 0 heterocycles. The molecule has 0 aliphatic heterocycles. The fraction of sp³-hybridized carbons (Fsp3) is 0.300. The Morgan fingerprint density at radius 2 is 1.71 bits per heavy atom. The van der Waals surface area contributed by atoms with E-state index in [-0.39, 0.29) is 23.5 Å². The Balaban J connectivity index is 1.54. The average Bonchev–Trinajstić information content (AvgIpc) is 3.48. The Morgan fingerprint density at radius 3 is 2.25 bits per heavy atom.